The highest BCUT2D eigenvalue weighted by Gasteiger charge is 2.14. The van der Waals surface area contributed by atoms with Gasteiger partial charge >= 0.3 is 0 Å². The number of nitrogens with zero attached hydrogens (tertiary/aromatic N) is 2. The minimum atomic E-state index is -0.0314. The summed E-state index contributed by atoms with van der Waals surface area (Å²) >= 11 is 4.58. The van der Waals surface area contributed by atoms with E-state index in [0.717, 1.165) is 25.4 Å². The number of hydrogen-bond donors (Lipinski definition) is 0. The van der Waals surface area contributed by atoms with E-state index in [2.05, 4.69) is 17.1 Å². The maximum atomic E-state index is 12.2. The van der Waals surface area contributed by atoms with Crippen LogP contribution in [0.2, 0.25) is 0 Å². The summed E-state index contributed by atoms with van der Waals surface area (Å²) in [6.07, 6.45) is 0. The summed E-state index contributed by atoms with van der Waals surface area (Å²) in [5.41, 5.74) is 0.739. The van der Waals surface area contributed by atoms with Crippen molar-refractivity contribution in [2.75, 3.05) is 11.5 Å². The molecule has 0 saturated carbocycles. The fourth-order valence-electron chi connectivity index (χ4n) is 1.76. The van der Waals surface area contributed by atoms with Crippen molar-refractivity contribution in [3.8, 4) is 0 Å². The van der Waals surface area contributed by atoms with Crippen molar-refractivity contribution >= 4 is 51.6 Å². The molecule has 0 bridgehead atoms. The monoisotopic (exact) mass is 336 g/mol. The second-order valence-electron chi connectivity index (χ2n) is 4.13. The maximum absolute atomic E-state index is 12.2. The van der Waals surface area contributed by atoms with E-state index in [4.69, 9.17) is 4.42 Å². The first-order chi connectivity index (χ1) is 10.3. The zero-order valence-corrected chi connectivity index (χ0v) is 13.7. The number of carbonyl (C=O) groups is 1. The number of furan rings is 1. The molecule has 0 fully saturated rings. The van der Waals surface area contributed by atoms with E-state index in [9.17, 15) is 4.79 Å². The van der Waals surface area contributed by atoms with Crippen molar-refractivity contribution < 1.29 is 9.21 Å². The highest BCUT2D eigenvalue weighted by atomic mass is 32.2. The minimum Gasteiger partial charge on any atom is -0.453 e. The topological polar surface area (TPSA) is 56.0 Å². The van der Waals surface area contributed by atoms with Crippen LogP contribution in [0.15, 0.2) is 43.4 Å². The van der Waals surface area contributed by atoms with E-state index < -0.39 is 0 Å². The number of rotatable bonds is 6. The van der Waals surface area contributed by atoms with E-state index in [0.29, 0.717) is 11.5 Å². The van der Waals surface area contributed by atoms with E-state index in [1.807, 2.05) is 24.3 Å². The third-order valence-corrected chi connectivity index (χ3v) is 5.75. The van der Waals surface area contributed by atoms with Crippen LogP contribution in [0.25, 0.3) is 11.0 Å². The number of hydrogen-bond acceptors (Lipinski definition) is 7. The standard InChI is InChI=1S/C14H12N2O2S3/c1-2-19-13-15-16-14(21-13)20-8-10(17)12-7-9-5-3-4-6-11(9)18-12/h3-7H,2,8H2,1H3. The van der Waals surface area contributed by atoms with Gasteiger partial charge in [-0.15, -0.1) is 10.2 Å². The molecular weight excluding hydrogens is 324 g/mol. The number of fused-ring (bicyclic) bond motifs is 1. The molecule has 0 saturated heterocycles. The molecule has 7 heteroatoms. The van der Waals surface area contributed by atoms with Crippen molar-refractivity contribution in [2.24, 2.45) is 0 Å². The summed E-state index contributed by atoms with van der Waals surface area (Å²) in [6, 6.07) is 9.40. The lowest BCUT2D eigenvalue weighted by atomic mass is 10.2. The largest absolute Gasteiger partial charge is 0.453 e. The Bertz CT molecular complexity index is 733. The molecule has 2 aromatic heterocycles. The van der Waals surface area contributed by atoms with Crippen molar-refractivity contribution in [3.63, 3.8) is 0 Å². The zero-order valence-electron chi connectivity index (χ0n) is 11.2. The Morgan fingerprint density at radius 3 is 2.76 bits per heavy atom. The van der Waals surface area contributed by atoms with E-state index in [1.165, 1.54) is 23.1 Å². The number of thioether (sulfide) groups is 2. The van der Waals surface area contributed by atoms with Crippen LogP contribution in [0, 0.1) is 0 Å². The number of aromatic nitrogens is 2. The van der Waals surface area contributed by atoms with Gasteiger partial charge in [0.15, 0.2) is 14.4 Å². The van der Waals surface area contributed by atoms with Gasteiger partial charge in [0.25, 0.3) is 0 Å². The normalized spacial score (nSPS) is 11.1. The number of ketones is 1. The van der Waals surface area contributed by atoms with Gasteiger partial charge < -0.3 is 4.42 Å². The van der Waals surface area contributed by atoms with Gasteiger partial charge in [-0.3, -0.25) is 4.79 Å². The highest BCUT2D eigenvalue weighted by Crippen LogP contribution is 2.29. The molecular formula is C14H12N2O2S3. The molecule has 3 aromatic rings. The zero-order chi connectivity index (χ0) is 14.7. The Hall–Kier alpha value is -1.31. The van der Waals surface area contributed by atoms with Crippen LogP contribution in [-0.2, 0) is 0 Å². The van der Waals surface area contributed by atoms with Gasteiger partial charge in [-0.25, -0.2) is 0 Å². The molecule has 0 unspecified atom stereocenters. The molecule has 0 radical (unpaired) electrons. The van der Waals surface area contributed by atoms with Crippen molar-refractivity contribution in [2.45, 2.75) is 15.6 Å². The van der Waals surface area contributed by atoms with E-state index >= 15 is 0 Å². The lowest BCUT2D eigenvalue weighted by molar-refractivity contribution is 0.0994. The smallest absolute Gasteiger partial charge is 0.208 e. The molecule has 0 spiro atoms. The van der Waals surface area contributed by atoms with Crippen LogP contribution < -0.4 is 0 Å². The summed E-state index contributed by atoms with van der Waals surface area (Å²) in [7, 11) is 0. The average Bonchev–Trinajstić information content (AvgIpc) is 3.11. The average molecular weight is 336 g/mol. The molecule has 21 heavy (non-hydrogen) atoms. The van der Waals surface area contributed by atoms with Gasteiger partial charge in [0.2, 0.25) is 5.78 Å². The lowest BCUT2D eigenvalue weighted by Crippen LogP contribution is -2.00. The maximum Gasteiger partial charge on any atom is 0.208 e. The van der Waals surface area contributed by atoms with Crippen molar-refractivity contribution in [1.29, 1.82) is 0 Å². The third kappa shape index (κ3) is 3.48. The summed E-state index contributed by atoms with van der Waals surface area (Å²) in [5.74, 6) is 1.65. The Balaban J connectivity index is 1.65. The summed E-state index contributed by atoms with van der Waals surface area (Å²) in [5, 5.41) is 9.09. The van der Waals surface area contributed by atoms with Crippen molar-refractivity contribution in [1.82, 2.24) is 10.2 Å². The van der Waals surface area contributed by atoms with Gasteiger partial charge in [-0.1, -0.05) is 60.0 Å². The molecule has 3 rings (SSSR count). The first kappa shape index (κ1) is 14.6. The molecule has 0 aliphatic heterocycles. The van der Waals surface area contributed by atoms with Crippen LogP contribution in [-0.4, -0.2) is 27.5 Å². The fourth-order valence-corrected chi connectivity index (χ4v) is 4.54. The highest BCUT2D eigenvalue weighted by molar-refractivity contribution is 8.03. The molecule has 0 atom stereocenters. The summed E-state index contributed by atoms with van der Waals surface area (Å²) < 4.78 is 7.32. The Labute approximate surface area is 134 Å². The van der Waals surface area contributed by atoms with Gasteiger partial charge in [-0.2, -0.15) is 0 Å². The third-order valence-electron chi connectivity index (χ3n) is 2.68. The Morgan fingerprint density at radius 2 is 2.00 bits per heavy atom. The van der Waals surface area contributed by atoms with Crippen molar-refractivity contribution in [3.05, 3.63) is 36.1 Å². The summed E-state index contributed by atoms with van der Waals surface area (Å²) in [4.78, 5) is 12.2. The molecule has 0 N–H and O–H groups in total. The lowest BCUT2D eigenvalue weighted by Gasteiger charge is -1.93. The predicted molar refractivity (Wildman–Crippen MR) is 87.6 cm³/mol. The van der Waals surface area contributed by atoms with Gasteiger partial charge in [0, 0.05) is 5.39 Å². The van der Waals surface area contributed by atoms with Crippen LogP contribution in [0.1, 0.15) is 17.5 Å². The Morgan fingerprint density at radius 1 is 1.24 bits per heavy atom. The molecule has 0 aliphatic rings. The minimum absolute atomic E-state index is 0.0314. The van der Waals surface area contributed by atoms with Crippen LogP contribution in [0.4, 0.5) is 0 Å². The first-order valence-corrected chi connectivity index (χ1v) is 9.16. The molecule has 108 valence electrons. The fraction of sp³-hybridized carbons (Fsp3) is 0.214. The molecule has 1 aromatic carbocycles. The second-order valence-corrected chi connectivity index (χ2v) is 7.84. The molecule has 0 amide bonds. The van der Waals surface area contributed by atoms with Gasteiger partial charge in [-0.05, 0) is 17.9 Å². The van der Waals surface area contributed by atoms with E-state index in [-0.39, 0.29) is 5.78 Å². The van der Waals surface area contributed by atoms with Crippen LogP contribution in [0.3, 0.4) is 0 Å². The second kappa shape index (κ2) is 6.64. The van der Waals surface area contributed by atoms with E-state index in [1.54, 1.807) is 17.8 Å². The number of Topliss-reactive ketones (excluding diaryl/α,β-unsaturated/α-hetero) is 1. The quantitative estimate of drug-likeness (QED) is 0.492. The predicted octanol–water partition coefficient (Wildman–Crippen LogP) is 4.37. The van der Waals surface area contributed by atoms with Crippen LogP contribution in [0.5, 0.6) is 0 Å². The van der Waals surface area contributed by atoms with Gasteiger partial charge in [0.05, 0.1) is 5.75 Å². The van der Waals surface area contributed by atoms with Crippen LogP contribution >= 0.6 is 34.9 Å². The SMILES string of the molecule is CCSc1nnc(SCC(=O)c2cc3ccccc3o2)s1. The Kier molecular flexibility index (Phi) is 4.62. The molecule has 2 heterocycles. The molecule has 0 aliphatic carbocycles. The number of para-hydroxylation sites is 1. The molecule has 4 nitrogen and oxygen atoms in total. The first-order valence-electron chi connectivity index (χ1n) is 6.37. The number of benzene rings is 1. The van der Waals surface area contributed by atoms with Gasteiger partial charge in [0.1, 0.15) is 5.58 Å². The number of carbonyl (C=O) groups excluding carboxylic acids is 1. The summed E-state index contributed by atoms with van der Waals surface area (Å²) in [6.45, 7) is 2.07.